The monoisotopic (exact) mass is 528 g/mol. The van der Waals surface area contributed by atoms with Crippen LogP contribution in [0.15, 0.2) is 69.3 Å². The van der Waals surface area contributed by atoms with Gasteiger partial charge in [-0.15, -0.1) is 0 Å². The normalized spacial score (nSPS) is 11.9. The quantitative estimate of drug-likeness (QED) is 0.365. The number of benzene rings is 3. The molecule has 3 aromatic carbocycles. The van der Waals surface area contributed by atoms with Gasteiger partial charge in [0.1, 0.15) is 0 Å². The summed E-state index contributed by atoms with van der Waals surface area (Å²) in [6.07, 6.45) is -1.56. The Morgan fingerprint density at radius 2 is 1.10 bits per heavy atom. The van der Waals surface area contributed by atoms with Crippen molar-refractivity contribution in [1.29, 1.82) is 0 Å². The topological polar surface area (TPSA) is 46.5 Å². The molecule has 29 heavy (non-hydrogen) atoms. The van der Waals surface area contributed by atoms with Crippen molar-refractivity contribution in [3.63, 3.8) is 0 Å². The fourth-order valence-corrected chi connectivity index (χ4v) is 8.76. The summed E-state index contributed by atoms with van der Waals surface area (Å²) in [7, 11) is -3.13. The Kier molecular flexibility index (Phi) is 7.06. The second kappa shape index (κ2) is 9.03. The van der Waals surface area contributed by atoms with Gasteiger partial charge in [-0.1, -0.05) is 87.8 Å². The molecular weight excluding hydrogens is 521 g/mol. The van der Waals surface area contributed by atoms with Crippen LogP contribution >= 0.6 is 79.9 Å². The van der Waals surface area contributed by atoms with Gasteiger partial charge in [0.25, 0.3) is 0 Å². The Hall–Kier alpha value is -0.980. The van der Waals surface area contributed by atoms with E-state index in [1.165, 1.54) is 24.3 Å². The third kappa shape index (κ3) is 4.40. The second-order valence-electron chi connectivity index (χ2n) is 5.62. The molecule has 0 unspecified atom stereocenters. The molecule has 0 aromatic heterocycles. The predicted octanol–water partition coefficient (Wildman–Crippen LogP) is 9.50. The molecule has 0 fully saturated rings. The highest BCUT2D eigenvalue weighted by Gasteiger charge is 2.42. The molecule has 3 nitrogen and oxygen atoms in total. The van der Waals surface area contributed by atoms with Crippen LogP contribution < -0.4 is 0 Å². The summed E-state index contributed by atoms with van der Waals surface area (Å²) in [5.74, 6) is 0. The Balaban J connectivity index is 2.56. The molecule has 3 rings (SSSR count). The van der Waals surface area contributed by atoms with E-state index in [2.05, 4.69) is 0 Å². The molecule has 0 spiro atoms. The summed E-state index contributed by atoms with van der Waals surface area (Å²) in [5, 5.41) is 10.6. The van der Waals surface area contributed by atoms with Gasteiger partial charge in [-0.3, -0.25) is 0 Å². The molecule has 0 aliphatic carbocycles. The molecule has 0 amide bonds. The van der Waals surface area contributed by atoms with Crippen LogP contribution in [-0.2, 0) is 4.18 Å². The van der Waals surface area contributed by atoms with Gasteiger partial charge < -0.3 is 9.29 Å². The van der Waals surface area contributed by atoms with Crippen molar-refractivity contribution >= 4 is 86.1 Å². The fourth-order valence-electron chi connectivity index (χ4n) is 2.80. The van der Waals surface area contributed by atoms with Crippen LogP contribution in [-0.4, -0.2) is 11.3 Å². The van der Waals surface area contributed by atoms with E-state index in [4.69, 9.17) is 73.8 Å². The Morgan fingerprint density at radius 1 is 0.724 bits per heavy atom. The lowest BCUT2D eigenvalue weighted by atomic mass is 10.3. The molecule has 1 N–H and O–H groups in total. The van der Waals surface area contributed by atoms with Crippen molar-refractivity contribution in [3.05, 3.63) is 84.7 Å². The van der Waals surface area contributed by atoms with E-state index in [1.807, 2.05) is 0 Å². The summed E-state index contributed by atoms with van der Waals surface area (Å²) in [5.41, 5.74) is 0. The molecule has 0 aliphatic heterocycles. The minimum Gasteiger partial charge on any atom is -0.449 e. The Bertz CT molecular complexity index is 987. The first kappa shape index (κ1) is 22.7. The Morgan fingerprint density at radius 3 is 1.45 bits per heavy atom. The molecule has 3 aromatic rings. The van der Waals surface area contributed by atoms with Crippen molar-refractivity contribution in [2.45, 2.75) is 14.7 Å². The van der Waals surface area contributed by atoms with Gasteiger partial charge in [0.05, 0.1) is 29.9 Å². The van der Waals surface area contributed by atoms with Crippen LogP contribution in [0.3, 0.4) is 0 Å². The van der Waals surface area contributed by atoms with Crippen LogP contribution in [0.5, 0.6) is 0 Å². The highest BCUT2D eigenvalue weighted by atomic mass is 35.5. The van der Waals surface area contributed by atoms with E-state index in [0.29, 0.717) is 4.90 Å². The first-order chi connectivity index (χ1) is 13.7. The average Bonchev–Trinajstić information content (AvgIpc) is 2.59. The number of halogens is 6. The molecule has 0 heterocycles. The number of hydrogen-bond donors (Lipinski definition) is 1. The van der Waals surface area contributed by atoms with Crippen molar-refractivity contribution in [2.75, 3.05) is 0 Å². The minimum absolute atomic E-state index is 0.102. The number of carbonyl (C=O) groups is 1. The van der Waals surface area contributed by atoms with Gasteiger partial charge in [-0.05, 0) is 36.4 Å². The summed E-state index contributed by atoms with van der Waals surface area (Å²) in [6.45, 7) is 0. The largest absolute Gasteiger partial charge is 0.517 e. The summed E-state index contributed by atoms with van der Waals surface area (Å²) in [4.78, 5) is 12.7. The van der Waals surface area contributed by atoms with Crippen molar-refractivity contribution < 1.29 is 14.1 Å². The van der Waals surface area contributed by atoms with Crippen LogP contribution in [0.2, 0.25) is 30.1 Å². The smallest absolute Gasteiger partial charge is 0.449 e. The number of carboxylic acid groups (broad SMARTS) is 1. The zero-order valence-electron chi connectivity index (χ0n) is 14.1. The van der Waals surface area contributed by atoms with E-state index < -0.39 is 16.5 Å². The van der Waals surface area contributed by atoms with Crippen molar-refractivity contribution in [1.82, 2.24) is 0 Å². The minimum atomic E-state index is -3.13. The van der Waals surface area contributed by atoms with Gasteiger partial charge in [0.2, 0.25) is 0 Å². The van der Waals surface area contributed by atoms with Gasteiger partial charge in [-0.25, -0.2) is 4.79 Å². The molecule has 0 atom stereocenters. The van der Waals surface area contributed by atoms with Crippen molar-refractivity contribution in [2.24, 2.45) is 0 Å². The zero-order valence-corrected chi connectivity index (χ0v) is 19.5. The Labute approximate surface area is 198 Å². The lowest BCUT2D eigenvalue weighted by Crippen LogP contribution is -2.14. The van der Waals surface area contributed by atoms with E-state index in [0.717, 1.165) is 0 Å². The van der Waals surface area contributed by atoms with Crippen molar-refractivity contribution in [3.8, 4) is 0 Å². The SMILES string of the molecule is O=C(O)OS(c1ccccc1)(c1c(Cl)cc(Cl)cc1Cl)c1c(Cl)cc(Cl)cc1Cl. The van der Waals surface area contributed by atoms with E-state index in [1.54, 1.807) is 30.3 Å². The van der Waals surface area contributed by atoms with Crippen LogP contribution in [0.25, 0.3) is 0 Å². The molecule has 152 valence electrons. The molecule has 10 heteroatoms. The number of hydrogen-bond acceptors (Lipinski definition) is 2. The third-order valence-electron chi connectivity index (χ3n) is 3.77. The van der Waals surface area contributed by atoms with Gasteiger partial charge in [0, 0.05) is 25.2 Å². The van der Waals surface area contributed by atoms with Gasteiger partial charge in [-0.2, -0.15) is 0 Å². The molecule has 0 radical (unpaired) electrons. The van der Waals surface area contributed by atoms with Crippen LogP contribution in [0.4, 0.5) is 4.79 Å². The predicted molar refractivity (Wildman–Crippen MR) is 121 cm³/mol. The molecule has 0 saturated heterocycles. The highest BCUT2D eigenvalue weighted by Crippen LogP contribution is 2.74. The summed E-state index contributed by atoms with van der Waals surface area (Å²) in [6, 6.07) is 14.3. The van der Waals surface area contributed by atoms with E-state index in [-0.39, 0.29) is 39.9 Å². The van der Waals surface area contributed by atoms with Gasteiger partial charge in [0.15, 0.2) is 0 Å². The van der Waals surface area contributed by atoms with E-state index >= 15 is 0 Å². The first-order valence-electron chi connectivity index (χ1n) is 7.76. The molecule has 0 saturated carbocycles. The highest BCUT2D eigenvalue weighted by molar-refractivity contribution is 8.30. The van der Waals surface area contributed by atoms with Crippen LogP contribution in [0.1, 0.15) is 0 Å². The fraction of sp³-hybridized carbons (Fsp3) is 0. The maximum Gasteiger partial charge on any atom is 0.517 e. The molecule has 0 aliphatic rings. The first-order valence-corrected chi connectivity index (χ1v) is 11.6. The second-order valence-corrected chi connectivity index (χ2v) is 10.7. The molecular formula is C19H10Cl6O3S. The lowest BCUT2D eigenvalue weighted by Gasteiger charge is -2.40. The third-order valence-corrected chi connectivity index (χ3v) is 9.21. The number of rotatable bonds is 4. The molecule has 0 bridgehead atoms. The maximum absolute atomic E-state index is 11.9. The van der Waals surface area contributed by atoms with Crippen LogP contribution in [0, 0.1) is 0 Å². The van der Waals surface area contributed by atoms with Gasteiger partial charge >= 0.3 is 6.16 Å². The maximum atomic E-state index is 11.9. The standard InChI is InChI=1S/C19H10Cl6O3S/c20-10-6-13(22)17(14(23)7-10)29(28-19(26)27,12-4-2-1-3-5-12)18-15(24)8-11(21)9-16(18)25/h1-9H,(H,26,27). The summed E-state index contributed by atoms with van der Waals surface area (Å²) < 4.78 is 5.58. The lowest BCUT2D eigenvalue weighted by molar-refractivity contribution is 0.150. The zero-order chi connectivity index (χ0) is 21.3. The summed E-state index contributed by atoms with van der Waals surface area (Å²) >= 11 is 38.2. The average molecular weight is 531 g/mol. The van der Waals surface area contributed by atoms with E-state index in [9.17, 15) is 9.90 Å².